The number of halogens is 1. The van der Waals surface area contributed by atoms with Crippen LogP contribution in [0.2, 0.25) is 0 Å². The van der Waals surface area contributed by atoms with Crippen molar-refractivity contribution >= 4 is 11.6 Å². The van der Waals surface area contributed by atoms with E-state index in [9.17, 15) is 0 Å². The Morgan fingerprint density at radius 3 is 2.45 bits per heavy atom. The Morgan fingerprint density at radius 1 is 1.15 bits per heavy atom. The van der Waals surface area contributed by atoms with Crippen LogP contribution in [0.25, 0.3) is 0 Å². The number of hydrogen-bond donors (Lipinski definition) is 1. The van der Waals surface area contributed by atoms with Crippen molar-refractivity contribution in [2.75, 3.05) is 26.7 Å². The summed E-state index contributed by atoms with van der Waals surface area (Å²) in [7, 11) is 1.98. The zero-order chi connectivity index (χ0) is 14.8. The number of unbranched alkanes of at least 4 members (excludes halogenated alkanes) is 3. The Bertz CT molecular complexity index is 353. The molecule has 0 aromatic heterocycles. The average molecular weight is 298 g/mol. The summed E-state index contributed by atoms with van der Waals surface area (Å²) in [5.41, 5.74) is 2.56. The van der Waals surface area contributed by atoms with Gasteiger partial charge >= 0.3 is 0 Å². The van der Waals surface area contributed by atoms with Crippen molar-refractivity contribution in [1.29, 1.82) is 0 Å². The topological polar surface area (TPSA) is 23.5 Å². The van der Waals surface area contributed by atoms with Crippen molar-refractivity contribution in [3.63, 3.8) is 0 Å². The molecule has 1 aromatic carbocycles. The van der Waals surface area contributed by atoms with E-state index in [1.165, 1.54) is 31.2 Å². The van der Waals surface area contributed by atoms with Gasteiger partial charge in [0.05, 0.1) is 12.0 Å². The predicted molar refractivity (Wildman–Crippen MR) is 87.5 cm³/mol. The lowest BCUT2D eigenvalue weighted by Crippen LogP contribution is -2.25. The summed E-state index contributed by atoms with van der Waals surface area (Å²) in [5, 5.41) is 8.88. The van der Waals surface area contributed by atoms with Gasteiger partial charge in [-0.15, -0.1) is 11.6 Å². The highest BCUT2D eigenvalue weighted by Crippen LogP contribution is 2.22. The molecule has 2 nitrogen and oxygen atoms in total. The van der Waals surface area contributed by atoms with Crippen molar-refractivity contribution in [3.8, 4) is 0 Å². The zero-order valence-electron chi connectivity index (χ0n) is 12.8. The Labute approximate surface area is 128 Å². The summed E-state index contributed by atoms with van der Waals surface area (Å²) in [6.07, 6.45) is 6.38. The SMILES string of the molecule is CCCCCCc1ccc(C(Cl)CN(C)CCO)cc1. The molecule has 3 heteroatoms. The van der Waals surface area contributed by atoms with Crippen LogP contribution in [0, 0.1) is 0 Å². The molecular formula is C17H28ClNO. The first kappa shape index (κ1) is 17.5. The number of rotatable bonds is 10. The van der Waals surface area contributed by atoms with Gasteiger partial charge < -0.3 is 10.0 Å². The van der Waals surface area contributed by atoms with E-state index in [1.807, 2.05) is 7.05 Å². The standard InChI is InChI=1S/C17H28ClNO/c1-3-4-5-6-7-15-8-10-16(11-9-15)17(18)14-19(2)12-13-20/h8-11,17,20H,3-7,12-14H2,1-2H3. The molecule has 0 heterocycles. The molecule has 0 radical (unpaired) electrons. The fourth-order valence-corrected chi connectivity index (χ4v) is 2.67. The summed E-state index contributed by atoms with van der Waals surface area (Å²) in [6.45, 7) is 3.84. The van der Waals surface area contributed by atoms with E-state index >= 15 is 0 Å². The number of aliphatic hydroxyl groups excluding tert-OH is 1. The number of benzene rings is 1. The van der Waals surface area contributed by atoms with Gasteiger partial charge in [0.1, 0.15) is 0 Å². The molecule has 0 aliphatic carbocycles. The molecule has 1 unspecified atom stereocenters. The normalized spacial score (nSPS) is 12.8. The number of alkyl halides is 1. The quantitative estimate of drug-likeness (QED) is 0.521. The van der Waals surface area contributed by atoms with Crippen LogP contribution in [0.3, 0.4) is 0 Å². The maximum atomic E-state index is 8.89. The minimum Gasteiger partial charge on any atom is -0.395 e. The lowest BCUT2D eigenvalue weighted by atomic mass is 10.0. The molecule has 20 heavy (non-hydrogen) atoms. The summed E-state index contributed by atoms with van der Waals surface area (Å²) >= 11 is 6.41. The number of aryl methyl sites for hydroxylation is 1. The maximum Gasteiger partial charge on any atom is 0.0712 e. The second kappa shape index (κ2) is 10.2. The molecule has 0 amide bonds. The summed E-state index contributed by atoms with van der Waals surface area (Å²) in [4.78, 5) is 2.05. The van der Waals surface area contributed by atoms with Crippen molar-refractivity contribution in [2.45, 2.75) is 44.4 Å². The minimum absolute atomic E-state index is 0.0132. The molecule has 0 spiro atoms. The van der Waals surface area contributed by atoms with Crippen LogP contribution in [-0.4, -0.2) is 36.8 Å². The Morgan fingerprint density at radius 2 is 1.85 bits per heavy atom. The number of hydrogen-bond acceptors (Lipinski definition) is 2. The van der Waals surface area contributed by atoms with Crippen LogP contribution in [-0.2, 0) is 6.42 Å². The largest absolute Gasteiger partial charge is 0.395 e. The van der Waals surface area contributed by atoms with Crippen LogP contribution >= 0.6 is 11.6 Å². The van der Waals surface area contributed by atoms with Gasteiger partial charge in [0.25, 0.3) is 0 Å². The monoisotopic (exact) mass is 297 g/mol. The third-order valence-electron chi connectivity index (χ3n) is 3.61. The smallest absolute Gasteiger partial charge is 0.0712 e. The molecule has 0 saturated heterocycles. The third-order valence-corrected chi connectivity index (χ3v) is 4.00. The van der Waals surface area contributed by atoms with E-state index in [0.29, 0.717) is 6.54 Å². The van der Waals surface area contributed by atoms with Gasteiger partial charge in [-0.1, -0.05) is 50.5 Å². The van der Waals surface area contributed by atoms with Crippen LogP contribution in [0.1, 0.15) is 49.1 Å². The van der Waals surface area contributed by atoms with Crippen LogP contribution in [0.4, 0.5) is 0 Å². The first-order valence-corrected chi connectivity index (χ1v) is 8.13. The van der Waals surface area contributed by atoms with Gasteiger partial charge in [-0.25, -0.2) is 0 Å². The van der Waals surface area contributed by atoms with Crippen LogP contribution in [0.15, 0.2) is 24.3 Å². The number of nitrogens with zero attached hydrogens (tertiary/aromatic N) is 1. The number of likely N-dealkylation sites (N-methyl/N-ethyl adjacent to an activating group) is 1. The molecule has 0 aliphatic heterocycles. The van der Waals surface area contributed by atoms with Gasteiger partial charge in [0.2, 0.25) is 0 Å². The average Bonchev–Trinajstić information content (AvgIpc) is 2.44. The minimum atomic E-state index is -0.0132. The summed E-state index contributed by atoms with van der Waals surface area (Å²) < 4.78 is 0. The van der Waals surface area contributed by atoms with Gasteiger partial charge in [-0.2, -0.15) is 0 Å². The van der Waals surface area contributed by atoms with Gasteiger partial charge in [0, 0.05) is 13.1 Å². The highest BCUT2D eigenvalue weighted by atomic mass is 35.5. The fraction of sp³-hybridized carbons (Fsp3) is 0.647. The van der Waals surface area contributed by atoms with Gasteiger partial charge in [0.15, 0.2) is 0 Å². The molecule has 0 saturated carbocycles. The van der Waals surface area contributed by atoms with Gasteiger partial charge in [-0.3, -0.25) is 0 Å². The van der Waals surface area contributed by atoms with Crippen molar-refractivity contribution in [1.82, 2.24) is 4.90 Å². The third kappa shape index (κ3) is 6.74. The molecule has 0 bridgehead atoms. The lowest BCUT2D eigenvalue weighted by Gasteiger charge is -2.19. The van der Waals surface area contributed by atoms with Crippen LogP contribution < -0.4 is 0 Å². The van der Waals surface area contributed by atoms with Gasteiger partial charge in [-0.05, 0) is 31.0 Å². The Kier molecular flexibility index (Phi) is 8.92. The zero-order valence-corrected chi connectivity index (χ0v) is 13.6. The fourth-order valence-electron chi connectivity index (χ4n) is 2.29. The Balaban J connectivity index is 2.40. The first-order valence-electron chi connectivity index (χ1n) is 7.69. The van der Waals surface area contributed by atoms with Crippen molar-refractivity contribution in [2.24, 2.45) is 0 Å². The van der Waals surface area contributed by atoms with Crippen molar-refractivity contribution in [3.05, 3.63) is 35.4 Å². The molecule has 1 aromatic rings. The highest BCUT2D eigenvalue weighted by Gasteiger charge is 2.10. The van der Waals surface area contributed by atoms with E-state index in [1.54, 1.807) is 0 Å². The van der Waals surface area contributed by atoms with E-state index < -0.39 is 0 Å². The molecule has 1 atom stereocenters. The summed E-state index contributed by atoms with van der Waals surface area (Å²) in [5.74, 6) is 0. The van der Waals surface area contributed by atoms with Crippen molar-refractivity contribution < 1.29 is 5.11 Å². The molecule has 1 N–H and O–H groups in total. The Hall–Kier alpha value is -0.570. The summed E-state index contributed by atoms with van der Waals surface area (Å²) in [6, 6.07) is 8.67. The molecule has 0 aliphatic rings. The van der Waals surface area contributed by atoms with E-state index in [0.717, 1.165) is 18.5 Å². The van der Waals surface area contributed by atoms with E-state index in [2.05, 4.69) is 36.1 Å². The van der Waals surface area contributed by atoms with E-state index in [4.69, 9.17) is 16.7 Å². The molecular weight excluding hydrogens is 270 g/mol. The second-order valence-electron chi connectivity index (χ2n) is 5.51. The predicted octanol–water partition coefficient (Wildman–Crippen LogP) is 4.01. The van der Waals surface area contributed by atoms with Crippen LogP contribution in [0.5, 0.6) is 0 Å². The van der Waals surface area contributed by atoms with E-state index in [-0.39, 0.29) is 12.0 Å². The first-order chi connectivity index (χ1) is 9.67. The molecule has 0 fully saturated rings. The molecule has 114 valence electrons. The maximum absolute atomic E-state index is 8.89. The second-order valence-corrected chi connectivity index (χ2v) is 6.03. The highest BCUT2D eigenvalue weighted by molar-refractivity contribution is 6.21. The molecule has 1 rings (SSSR count). The lowest BCUT2D eigenvalue weighted by molar-refractivity contribution is 0.221. The number of aliphatic hydroxyl groups is 1.